The first-order valence-electron chi connectivity index (χ1n) is 7.71. The van der Waals surface area contributed by atoms with E-state index >= 15 is 0 Å². The average molecular weight is 352 g/mol. The Kier molecular flexibility index (Phi) is 5.04. The molecule has 0 amide bonds. The van der Waals surface area contributed by atoms with Crippen LogP contribution in [0, 0.1) is 11.3 Å². The van der Waals surface area contributed by atoms with Gasteiger partial charge in [-0.1, -0.05) is 48.5 Å². The average Bonchev–Trinajstić information content (AvgIpc) is 3.02. The van der Waals surface area contributed by atoms with Crippen LogP contribution in [0.5, 0.6) is 5.75 Å². The molecule has 0 bridgehead atoms. The Morgan fingerprint density at radius 3 is 2.50 bits per heavy atom. The van der Waals surface area contributed by atoms with Crippen molar-refractivity contribution in [2.24, 2.45) is 7.05 Å². The van der Waals surface area contributed by atoms with Crippen molar-refractivity contribution in [3.63, 3.8) is 0 Å². The first kappa shape index (κ1) is 17.3. The second kappa shape index (κ2) is 7.57. The maximum absolute atomic E-state index is 12.6. The van der Waals surface area contributed by atoms with Crippen LogP contribution < -0.4 is 4.74 Å². The Hall–Kier alpha value is -3.53. The summed E-state index contributed by atoms with van der Waals surface area (Å²) < 4.78 is 31.3. The summed E-state index contributed by atoms with van der Waals surface area (Å²) in [5.41, 5.74) is 1.40. The Bertz CT molecular complexity index is 975. The van der Waals surface area contributed by atoms with Crippen LogP contribution in [0.4, 0.5) is 8.78 Å². The molecular weight excluding hydrogens is 338 g/mol. The van der Waals surface area contributed by atoms with E-state index in [4.69, 9.17) is 0 Å². The van der Waals surface area contributed by atoms with E-state index in [2.05, 4.69) is 14.9 Å². The highest BCUT2D eigenvalue weighted by molar-refractivity contribution is 5.88. The number of nitriles is 1. The van der Waals surface area contributed by atoms with Gasteiger partial charge in [-0.25, -0.2) is 0 Å². The number of benzene rings is 2. The number of ether oxygens (including phenoxy) is 1. The van der Waals surface area contributed by atoms with Crippen molar-refractivity contribution in [3.05, 3.63) is 66.0 Å². The molecule has 3 aromatic rings. The smallest absolute Gasteiger partial charge is 0.387 e. The molecule has 0 fully saturated rings. The molecule has 0 atom stereocenters. The second-order valence-electron chi connectivity index (χ2n) is 5.36. The van der Waals surface area contributed by atoms with E-state index in [-0.39, 0.29) is 11.3 Å². The molecule has 0 radical (unpaired) electrons. The van der Waals surface area contributed by atoms with Gasteiger partial charge >= 0.3 is 6.61 Å². The van der Waals surface area contributed by atoms with Gasteiger partial charge in [-0.15, -0.1) is 10.2 Å². The number of rotatable bonds is 5. The summed E-state index contributed by atoms with van der Waals surface area (Å²) in [5.74, 6) is 0.915. The summed E-state index contributed by atoms with van der Waals surface area (Å²) in [6.07, 6.45) is 1.45. The van der Waals surface area contributed by atoms with Crippen LogP contribution in [-0.4, -0.2) is 21.4 Å². The molecule has 26 heavy (non-hydrogen) atoms. The Labute approximate surface area is 148 Å². The number of allylic oxidation sites excluding steroid dienone is 1. The van der Waals surface area contributed by atoms with E-state index in [9.17, 15) is 14.0 Å². The molecule has 0 saturated carbocycles. The molecule has 1 aromatic heterocycles. The Morgan fingerprint density at radius 2 is 1.81 bits per heavy atom. The lowest BCUT2D eigenvalue weighted by Gasteiger charge is -2.08. The highest BCUT2D eigenvalue weighted by Gasteiger charge is 2.15. The van der Waals surface area contributed by atoms with Gasteiger partial charge in [-0.05, 0) is 12.1 Å². The molecule has 0 spiro atoms. The molecule has 0 unspecified atom stereocenters. The van der Waals surface area contributed by atoms with Crippen LogP contribution in [0.15, 0.2) is 54.6 Å². The third-order valence-corrected chi connectivity index (χ3v) is 3.70. The standard InChI is InChI=1S/C19H14F2N4O/c1-25-17(13-7-3-2-4-8-13)23-24-18(25)15(12-22)11-14-9-5-6-10-16(14)26-19(20)21/h2-11,19H,1H3/b15-11-. The zero-order valence-electron chi connectivity index (χ0n) is 13.8. The molecule has 130 valence electrons. The van der Waals surface area contributed by atoms with Crippen LogP contribution in [0.3, 0.4) is 0 Å². The number of halogens is 2. The van der Waals surface area contributed by atoms with Crippen LogP contribution in [0.25, 0.3) is 23.0 Å². The quantitative estimate of drug-likeness (QED) is 0.647. The number of nitrogens with zero attached hydrogens (tertiary/aromatic N) is 4. The third kappa shape index (κ3) is 3.59. The van der Waals surface area contributed by atoms with Crippen LogP contribution >= 0.6 is 0 Å². The van der Waals surface area contributed by atoms with Gasteiger partial charge in [0.1, 0.15) is 11.8 Å². The molecule has 0 aliphatic heterocycles. The normalized spacial score (nSPS) is 11.4. The zero-order chi connectivity index (χ0) is 18.5. The van der Waals surface area contributed by atoms with E-state index in [0.29, 0.717) is 17.2 Å². The van der Waals surface area contributed by atoms with Crippen molar-refractivity contribution in [2.75, 3.05) is 0 Å². The van der Waals surface area contributed by atoms with Crippen LogP contribution in [-0.2, 0) is 7.05 Å². The van der Waals surface area contributed by atoms with Gasteiger partial charge in [0.15, 0.2) is 11.6 Å². The number of aromatic nitrogens is 3. The van der Waals surface area contributed by atoms with Gasteiger partial charge in [0.25, 0.3) is 0 Å². The summed E-state index contributed by atoms with van der Waals surface area (Å²) in [6, 6.07) is 17.7. The molecule has 3 rings (SSSR count). The van der Waals surface area contributed by atoms with Crippen molar-refractivity contribution >= 4 is 11.6 Å². The summed E-state index contributed by atoms with van der Waals surface area (Å²) in [7, 11) is 1.74. The lowest BCUT2D eigenvalue weighted by molar-refractivity contribution is -0.0499. The summed E-state index contributed by atoms with van der Waals surface area (Å²) in [5, 5.41) is 17.7. The number of alkyl halides is 2. The van der Waals surface area contributed by atoms with E-state index in [1.54, 1.807) is 29.8 Å². The first-order valence-corrected chi connectivity index (χ1v) is 7.71. The molecule has 0 aliphatic carbocycles. The van der Waals surface area contributed by atoms with E-state index in [1.165, 1.54) is 12.1 Å². The SMILES string of the molecule is Cn1c(/C(C#N)=C\c2ccccc2OC(F)F)nnc1-c1ccccc1. The number of hydrogen-bond donors (Lipinski definition) is 0. The summed E-state index contributed by atoms with van der Waals surface area (Å²) >= 11 is 0. The molecule has 0 aliphatic rings. The van der Waals surface area contributed by atoms with Gasteiger partial charge < -0.3 is 9.30 Å². The first-order chi connectivity index (χ1) is 12.6. The minimum atomic E-state index is -2.95. The van der Waals surface area contributed by atoms with Crippen LogP contribution in [0.1, 0.15) is 11.4 Å². The maximum atomic E-state index is 12.6. The highest BCUT2D eigenvalue weighted by atomic mass is 19.3. The van der Waals surface area contributed by atoms with Gasteiger partial charge in [-0.3, -0.25) is 0 Å². The van der Waals surface area contributed by atoms with Crippen molar-refractivity contribution in [2.45, 2.75) is 6.61 Å². The largest absolute Gasteiger partial charge is 0.434 e. The van der Waals surface area contributed by atoms with Crippen molar-refractivity contribution in [3.8, 4) is 23.2 Å². The maximum Gasteiger partial charge on any atom is 0.387 e. The molecule has 0 saturated heterocycles. The fourth-order valence-electron chi connectivity index (χ4n) is 2.51. The minimum Gasteiger partial charge on any atom is -0.434 e. The van der Waals surface area contributed by atoms with E-state index < -0.39 is 6.61 Å². The second-order valence-corrected chi connectivity index (χ2v) is 5.36. The van der Waals surface area contributed by atoms with Crippen LogP contribution in [0.2, 0.25) is 0 Å². The predicted molar refractivity (Wildman–Crippen MR) is 93.0 cm³/mol. The number of para-hydroxylation sites is 1. The van der Waals surface area contributed by atoms with E-state index in [0.717, 1.165) is 5.56 Å². The van der Waals surface area contributed by atoms with Crippen molar-refractivity contribution < 1.29 is 13.5 Å². The molecular formula is C19H14F2N4O. The lowest BCUT2D eigenvalue weighted by atomic mass is 10.1. The summed E-state index contributed by atoms with van der Waals surface area (Å²) in [4.78, 5) is 0. The van der Waals surface area contributed by atoms with Crippen molar-refractivity contribution in [1.82, 2.24) is 14.8 Å². The fourth-order valence-corrected chi connectivity index (χ4v) is 2.51. The van der Waals surface area contributed by atoms with E-state index in [1.807, 2.05) is 36.4 Å². The zero-order valence-corrected chi connectivity index (χ0v) is 13.8. The monoisotopic (exact) mass is 352 g/mol. The lowest BCUT2D eigenvalue weighted by Crippen LogP contribution is -2.03. The summed E-state index contributed by atoms with van der Waals surface area (Å²) in [6.45, 7) is -2.95. The topological polar surface area (TPSA) is 63.7 Å². The minimum absolute atomic E-state index is 0.0132. The Morgan fingerprint density at radius 1 is 1.12 bits per heavy atom. The van der Waals surface area contributed by atoms with Gasteiger partial charge in [0, 0.05) is 18.2 Å². The molecule has 5 nitrogen and oxygen atoms in total. The van der Waals surface area contributed by atoms with Gasteiger partial charge in [0.2, 0.25) is 0 Å². The van der Waals surface area contributed by atoms with Crippen molar-refractivity contribution in [1.29, 1.82) is 5.26 Å². The molecule has 0 N–H and O–H groups in total. The molecule has 7 heteroatoms. The third-order valence-electron chi connectivity index (χ3n) is 3.70. The highest BCUT2D eigenvalue weighted by Crippen LogP contribution is 2.26. The Balaban J connectivity index is 2.03. The fraction of sp³-hybridized carbons (Fsp3) is 0.105. The molecule has 2 aromatic carbocycles. The molecule has 1 heterocycles. The predicted octanol–water partition coefficient (Wildman–Crippen LogP) is 4.15. The van der Waals surface area contributed by atoms with Gasteiger partial charge in [-0.2, -0.15) is 14.0 Å². The number of hydrogen-bond acceptors (Lipinski definition) is 4. The van der Waals surface area contributed by atoms with Gasteiger partial charge in [0.05, 0.1) is 5.57 Å².